The molecule has 29 heavy (non-hydrogen) atoms. The molecule has 1 amide bonds. The van der Waals surface area contributed by atoms with E-state index in [9.17, 15) is 4.79 Å². The van der Waals surface area contributed by atoms with Crippen LogP contribution in [0.1, 0.15) is 44.9 Å². The van der Waals surface area contributed by atoms with Crippen molar-refractivity contribution in [3.8, 4) is 17.0 Å². The van der Waals surface area contributed by atoms with Crippen molar-refractivity contribution in [1.29, 1.82) is 0 Å². The van der Waals surface area contributed by atoms with Crippen LogP contribution in [-0.4, -0.2) is 42.3 Å². The van der Waals surface area contributed by atoms with Gasteiger partial charge in [-0.2, -0.15) is 0 Å². The number of methoxy groups -OCH3 is 1. The van der Waals surface area contributed by atoms with Crippen molar-refractivity contribution in [3.63, 3.8) is 0 Å². The minimum absolute atomic E-state index is 0.0359. The third-order valence-corrected chi connectivity index (χ3v) is 6.10. The van der Waals surface area contributed by atoms with Crippen molar-refractivity contribution in [1.82, 2.24) is 15.5 Å². The van der Waals surface area contributed by atoms with Crippen LogP contribution >= 0.6 is 0 Å². The van der Waals surface area contributed by atoms with Crippen molar-refractivity contribution in [2.24, 2.45) is 5.92 Å². The van der Waals surface area contributed by atoms with E-state index in [1.807, 2.05) is 36.4 Å². The Labute approximate surface area is 172 Å². The van der Waals surface area contributed by atoms with Gasteiger partial charge in [0.25, 0.3) is 0 Å². The molecule has 1 aliphatic heterocycles. The molecule has 1 aromatic heterocycles. The number of hydrogen-bond acceptors (Lipinski definition) is 5. The fourth-order valence-electron chi connectivity index (χ4n) is 4.37. The monoisotopic (exact) mass is 394 g/mol. The molecule has 2 fully saturated rings. The van der Waals surface area contributed by atoms with Crippen LogP contribution in [0.25, 0.3) is 11.3 Å². The summed E-state index contributed by atoms with van der Waals surface area (Å²) in [6, 6.07) is 12.2. The summed E-state index contributed by atoms with van der Waals surface area (Å²) in [7, 11) is 1.66. The predicted octanol–water partition coefficient (Wildman–Crippen LogP) is 3.82. The normalized spacial score (nSPS) is 20.3. The zero-order valence-corrected chi connectivity index (χ0v) is 17.1. The Morgan fingerprint density at radius 2 is 1.79 bits per heavy atom. The molecule has 1 saturated heterocycles. The number of nitrogens with zero attached hydrogens (tertiary/aromatic N) is 3. The van der Waals surface area contributed by atoms with E-state index in [0.29, 0.717) is 6.04 Å². The lowest BCUT2D eigenvalue weighted by Crippen LogP contribution is -2.46. The van der Waals surface area contributed by atoms with Gasteiger partial charge in [0.15, 0.2) is 5.82 Å². The number of benzene rings is 1. The van der Waals surface area contributed by atoms with Gasteiger partial charge in [-0.15, -0.1) is 10.2 Å². The first kappa shape index (κ1) is 19.7. The number of nitrogens with one attached hydrogen (secondary N) is 1. The van der Waals surface area contributed by atoms with Crippen molar-refractivity contribution in [2.75, 3.05) is 25.1 Å². The molecule has 0 bridgehead atoms. The quantitative estimate of drug-likeness (QED) is 0.835. The van der Waals surface area contributed by atoms with E-state index in [4.69, 9.17) is 4.74 Å². The highest BCUT2D eigenvalue weighted by atomic mass is 16.5. The van der Waals surface area contributed by atoms with Crippen LogP contribution in [0.4, 0.5) is 5.82 Å². The van der Waals surface area contributed by atoms with E-state index in [1.165, 1.54) is 19.3 Å². The highest BCUT2D eigenvalue weighted by Crippen LogP contribution is 2.25. The van der Waals surface area contributed by atoms with Crippen molar-refractivity contribution in [3.05, 3.63) is 36.4 Å². The highest BCUT2D eigenvalue weighted by Gasteiger charge is 2.28. The summed E-state index contributed by atoms with van der Waals surface area (Å²) in [5.74, 6) is 1.92. The molecule has 6 heteroatoms. The Morgan fingerprint density at radius 1 is 1.00 bits per heavy atom. The van der Waals surface area contributed by atoms with Gasteiger partial charge >= 0.3 is 0 Å². The largest absolute Gasteiger partial charge is 0.497 e. The van der Waals surface area contributed by atoms with E-state index in [2.05, 4.69) is 20.4 Å². The minimum atomic E-state index is 0.0359. The fourth-order valence-corrected chi connectivity index (χ4v) is 4.37. The summed E-state index contributed by atoms with van der Waals surface area (Å²) in [6.45, 7) is 1.64. The molecule has 6 nitrogen and oxygen atoms in total. The second-order valence-electron chi connectivity index (χ2n) is 8.13. The average molecular weight is 395 g/mol. The molecule has 2 aliphatic rings. The maximum absolute atomic E-state index is 12.8. The van der Waals surface area contributed by atoms with Crippen molar-refractivity contribution in [2.45, 2.75) is 51.0 Å². The summed E-state index contributed by atoms with van der Waals surface area (Å²) in [4.78, 5) is 14.9. The molecular formula is C23H30N4O2. The first-order valence-corrected chi connectivity index (χ1v) is 10.8. The van der Waals surface area contributed by atoms with Gasteiger partial charge < -0.3 is 15.0 Å². The number of carbonyl (C=O) groups excluding carboxylic acids is 1. The highest BCUT2D eigenvalue weighted by molar-refractivity contribution is 5.80. The number of piperidine rings is 1. The topological polar surface area (TPSA) is 67.3 Å². The van der Waals surface area contributed by atoms with Crippen LogP contribution in [0.3, 0.4) is 0 Å². The van der Waals surface area contributed by atoms with Gasteiger partial charge in [-0.05, 0) is 62.1 Å². The Kier molecular flexibility index (Phi) is 6.27. The number of rotatable bonds is 5. The average Bonchev–Trinajstić information content (AvgIpc) is 2.80. The van der Waals surface area contributed by atoms with Crippen LogP contribution in [0, 0.1) is 5.92 Å². The lowest BCUT2D eigenvalue weighted by Gasteiger charge is -2.34. The summed E-state index contributed by atoms with van der Waals surface area (Å²) < 4.78 is 5.21. The molecule has 4 rings (SSSR count). The molecule has 1 unspecified atom stereocenters. The standard InChI is InChI=1S/C23H30N4O2/c1-29-20-11-9-17(10-12-20)21-13-14-22(26-25-21)27-15-5-6-18(16-27)23(28)24-19-7-3-2-4-8-19/h9-14,18-19H,2-8,15-16H2,1H3,(H,24,28). The fraction of sp³-hybridized carbons (Fsp3) is 0.522. The third-order valence-electron chi connectivity index (χ3n) is 6.10. The van der Waals surface area contributed by atoms with Crippen LogP contribution in [0.2, 0.25) is 0 Å². The second kappa shape index (κ2) is 9.25. The molecule has 1 N–H and O–H groups in total. The van der Waals surface area contributed by atoms with Crippen LogP contribution in [-0.2, 0) is 4.79 Å². The SMILES string of the molecule is COc1ccc(-c2ccc(N3CCCC(C(=O)NC4CCCCC4)C3)nn2)cc1. The van der Waals surface area contributed by atoms with Gasteiger partial charge in [0, 0.05) is 24.7 Å². The van der Waals surface area contributed by atoms with E-state index < -0.39 is 0 Å². The number of hydrogen-bond donors (Lipinski definition) is 1. The number of anilines is 1. The van der Waals surface area contributed by atoms with Crippen molar-refractivity contribution >= 4 is 11.7 Å². The molecule has 1 saturated carbocycles. The Balaban J connectivity index is 1.38. The first-order chi connectivity index (χ1) is 14.2. The number of amides is 1. The Bertz CT molecular complexity index is 801. The van der Waals surface area contributed by atoms with E-state index >= 15 is 0 Å². The molecule has 1 aliphatic carbocycles. The second-order valence-corrected chi connectivity index (χ2v) is 8.13. The molecular weight excluding hydrogens is 364 g/mol. The zero-order chi connectivity index (χ0) is 20.1. The molecule has 0 radical (unpaired) electrons. The molecule has 2 heterocycles. The van der Waals surface area contributed by atoms with Gasteiger partial charge in [0.2, 0.25) is 5.91 Å². The summed E-state index contributed by atoms with van der Waals surface area (Å²) >= 11 is 0. The predicted molar refractivity (Wildman–Crippen MR) is 114 cm³/mol. The molecule has 1 atom stereocenters. The van der Waals surface area contributed by atoms with Crippen molar-refractivity contribution < 1.29 is 9.53 Å². The van der Waals surface area contributed by atoms with Gasteiger partial charge in [-0.3, -0.25) is 4.79 Å². The van der Waals surface area contributed by atoms with Crippen LogP contribution < -0.4 is 15.0 Å². The summed E-state index contributed by atoms with van der Waals surface area (Å²) in [5, 5.41) is 12.1. The van der Waals surface area contributed by atoms with E-state index in [-0.39, 0.29) is 11.8 Å². The van der Waals surface area contributed by atoms with Gasteiger partial charge in [-0.25, -0.2) is 0 Å². The number of aromatic nitrogens is 2. The van der Waals surface area contributed by atoms with Gasteiger partial charge in [0.1, 0.15) is 5.75 Å². The summed E-state index contributed by atoms with van der Waals surface area (Å²) in [6.07, 6.45) is 7.97. The van der Waals surface area contributed by atoms with Crippen LogP contribution in [0.15, 0.2) is 36.4 Å². The number of carbonyl (C=O) groups is 1. The zero-order valence-electron chi connectivity index (χ0n) is 17.1. The Hall–Kier alpha value is -2.63. The lowest BCUT2D eigenvalue weighted by molar-refractivity contribution is -0.126. The smallest absolute Gasteiger partial charge is 0.225 e. The molecule has 0 spiro atoms. The summed E-state index contributed by atoms with van der Waals surface area (Å²) in [5.41, 5.74) is 1.84. The minimum Gasteiger partial charge on any atom is -0.497 e. The van der Waals surface area contributed by atoms with Gasteiger partial charge in [-0.1, -0.05) is 19.3 Å². The number of ether oxygens (including phenoxy) is 1. The maximum atomic E-state index is 12.8. The lowest BCUT2D eigenvalue weighted by atomic mass is 9.93. The van der Waals surface area contributed by atoms with Gasteiger partial charge in [0.05, 0.1) is 18.7 Å². The van der Waals surface area contributed by atoms with E-state index in [1.54, 1.807) is 7.11 Å². The maximum Gasteiger partial charge on any atom is 0.225 e. The van der Waals surface area contributed by atoms with Crippen LogP contribution in [0.5, 0.6) is 5.75 Å². The first-order valence-electron chi connectivity index (χ1n) is 10.8. The molecule has 154 valence electrons. The molecule has 2 aromatic rings. The van der Waals surface area contributed by atoms with E-state index in [0.717, 1.165) is 61.6 Å². The Morgan fingerprint density at radius 3 is 2.48 bits per heavy atom. The third kappa shape index (κ3) is 4.86. The molecule has 1 aromatic carbocycles.